The summed E-state index contributed by atoms with van der Waals surface area (Å²) in [6.45, 7) is 0. The average molecular weight is 320 g/mol. The van der Waals surface area contributed by atoms with E-state index in [1.165, 1.54) is 0 Å². The topological polar surface area (TPSA) is 74.6 Å². The van der Waals surface area contributed by atoms with Crippen LogP contribution in [-0.2, 0) is 11.2 Å². The molecule has 2 N–H and O–H groups in total. The second-order valence-corrected chi connectivity index (χ2v) is 5.57. The van der Waals surface area contributed by atoms with E-state index in [1.54, 1.807) is 54.6 Å². The van der Waals surface area contributed by atoms with E-state index in [0.29, 0.717) is 27.5 Å². The van der Waals surface area contributed by atoms with Gasteiger partial charge < -0.3 is 10.2 Å². The van der Waals surface area contributed by atoms with Crippen LogP contribution in [0, 0.1) is 0 Å². The minimum atomic E-state index is -0.946. The molecule has 3 aromatic carbocycles. The van der Waals surface area contributed by atoms with E-state index in [-0.39, 0.29) is 24.4 Å². The van der Waals surface area contributed by atoms with Crippen LogP contribution in [-0.4, -0.2) is 22.0 Å². The standard InChI is InChI=1S/C20H16O4/c21-18(22)11-10-14-12-17(19(23)13-6-2-1-3-7-13)15-8-4-5-9-16(15)20(14)24/h1-9,12,24H,10-11H2,(H,21,22). The van der Waals surface area contributed by atoms with E-state index in [1.807, 2.05) is 6.07 Å². The highest BCUT2D eigenvalue weighted by Crippen LogP contribution is 2.33. The molecule has 0 heterocycles. The van der Waals surface area contributed by atoms with Crippen molar-refractivity contribution in [3.8, 4) is 5.75 Å². The van der Waals surface area contributed by atoms with Gasteiger partial charge in [0.15, 0.2) is 5.78 Å². The Morgan fingerprint density at radius 1 is 0.875 bits per heavy atom. The number of ketones is 1. The van der Waals surface area contributed by atoms with Gasteiger partial charge in [-0.2, -0.15) is 0 Å². The highest BCUT2D eigenvalue weighted by atomic mass is 16.4. The van der Waals surface area contributed by atoms with Crippen molar-refractivity contribution in [2.24, 2.45) is 0 Å². The lowest BCUT2D eigenvalue weighted by molar-refractivity contribution is -0.136. The Bertz CT molecular complexity index is 914. The Labute approximate surface area is 139 Å². The maximum atomic E-state index is 12.9. The Balaban J connectivity index is 2.17. The van der Waals surface area contributed by atoms with Gasteiger partial charge in [0, 0.05) is 22.9 Å². The molecule has 120 valence electrons. The Morgan fingerprint density at radius 3 is 2.17 bits per heavy atom. The summed E-state index contributed by atoms with van der Waals surface area (Å²) in [5.74, 6) is -1.06. The zero-order chi connectivity index (χ0) is 17.1. The third-order valence-electron chi connectivity index (χ3n) is 3.98. The van der Waals surface area contributed by atoms with Crippen molar-refractivity contribution in [3.63, 3.8) is 0 Å². The molecule has 0 aromatic heterocycles. The van der Waals surface area contributed by atoms with Crippen LogP contribution in [0.3, 0.4) is 0 Å². The lowest BCUT2D eigenvalue weighted by Crippen LogP contribution is -2.05. The lowest BCUT2D eigenvalue weighted by Gasteiger charge is -2.12. The second-order valence-electron chi connectivity index (χ2n) is 5.57. The number of carbonyl (C=O) groups is 2. The number of benzene rings is 3. The minimum Gasteiger partial charge on any atom is -0.507 e. The molecule has 0 unspecified atom stereocenters. The summed E-state index contributed by atoms with van der Waals surface area (Å²) in [4.78, 5) is 23.7. The van der Waals surface area contributed by atoms with Gasteiger partial charge in [0.1, 0.15) is 5.75 Å². The third kappa shape index (κ3) is 2.99. The molecule has 0 bridgehead atoms. The molecule has 0 saturated carbocycles. The fourth-order valence-corrected chi connectivity index (χ4v) is 2.78. The van der Waals surface area contributed by atoms with E-state index in [0.717, 1.165) is 0 Å². The molecule has 0 aliphatic heterocycles. The third-order valence-corrected chi connectivity index (χ3v) is 3.98. The van der Waals surface area contributed by atoms with Crippen molar-refractivity contribution < 1.29 is 19.8 Å². The molecule has 3 aromatic rings. The van der Waals surface area contributed by atoms with E-state index in [2.05, 4.69) is 0 Å². The number of aryl methyl sites for hydroxylation is 1. The maximum absolute atomic E-state index is 12.9. The normalized spacial score (nSPS) is 10.7. The Morgan fingerprint density at radius 2 is 1.50 bits per heavy atom. The summed E-state index contributed by atoms with van der Waals surface area (Å²) in [5.41, 5.74) is 1.49. The van der Waals surface area contributed by atoms with Crippen molar-refractivity contribution in [2.75, 3.05) is 0 Å². The van der Waals surface area contributed by atoms with E-state index in [9.17, 15) is 14.7 Å². The monoisotopic (exact) mass is 320 g/mol. The van der Waals surface area contributed by atoms with E-state index in [4.69, 9.17) is 5.11 Å². The summed E-state index contributed by atoms with van der Waals surface area (Å²) in [6, 6.07) is 17.6. The molecule has 0 spiro atoms. The summed E-state index contributed by atoms with van der Waals surface area (Å²) >= 11 is 0. The number of carboxylic acids is 1. The van der Waals surface area contributed by atoms with Gasteiger partial charge in [-0.25, -0.2) is 0 Å². The zero-order valence-corrected chi connectivity index (χ0v) is 12.9. The van der Waals surface area contributed by atoms with Crippen molar-refractivity contribution in [3.05, 3.63) is 77.4 Å². The predicted octanol–water partition coefficient (Wildman–Crippen LogP) is 3.79. The van der Waals surface area contributed by atoms with Gasteiger partial charge in [0.25, 0.3) is 0 Å². The first-order chi connectivity index (χ1) is 11.6. The van der Waals surface area contributed by atoms with Gasteiger partial charge >= 0.3 is 5.97 Å². The van der Waals surface area contributed by atoms with E-state index >= 15 is 0 Å². The number of aliphatic carboxylic acids is 1. The van der Waals surface area contributed by atoms with Crippen molar-refractivity contribution in [2.45, 2.75) is 12.8 Å². The fourth-order valence-electron chi connectivity index (χ4n) is 2.78. The van der Waals surface area contributed by atoms with Crippen LogP contribution in [0.15, 0.2) is 60.7 Å². The van der Waals surface area contributed by atoms with Crippen LogP contribution in [0.25, 0.3) is 10.8 Å². The Kier molecular flexibility index (Phi) is 4.29. The minimum absolute atomic E-state index is 0.0384. The number of hydrogen-bond acceptors (Lipinski definition) is 3. The molecule has 0 saturated heterocycles. The largest absolute Gasteiger partial charge is 0.507 e. The molecule has 0 aliphatic rings. The average Bonchev–Trinajstić information content (AvgIpc) is 2.61. The van der Waals surface area contributed by atoms with Crippen molar-refractivity contribution in [1.29, 1.82) is 0 Å². The second kappa shape index (κ2) is 6.54. The number of fused-ring (bicyclic) bond motifs is 1. The first-order valence-corrected chi connectivity index (χ1v) is 7.63. The smallest absolute Gasteiger partial charge is 0.303 e. The maximum Gasteiger partial charge on any atom is 0.303 e. The number of aromatic hydroxyl groups is 1. The predicted molar refractivity (Wildman–Crippen MR) is 91.4 cm³/mol. The number of carboxylic acid groups (broad SMARTS) is 1. The van der Waals surface area contributed by atoms with Gasteiger partial charge in [-0.1, -0.05) is 54.6 Å². The molecular formula is C20H16O4. The molecule has 0 radical (unpaired) electrons. The van der Waals surface area contributed by atoms with Crippen molar-refractivity contribution >= 4 is 22.5 Å². The number of phenolic OH excluding ortho intramolecular Hbond substituents is 1. The number of rotatable bonds is 5. The van der Waals surface area contributed by atoms with Crippen LogP contribution in [0.1, 0.15) is 27.9 Å². The lowest BCUT2D eigenvalue weighted by atomic mass is 9.92. The summed E-state index contributed by atoms with van der Waals surface area (Å²) < 4.78 is 0. The quantitative estimate of drug-likeness (QED) is 0.701. The molecule has 0 atom stereocenters. The highest BCUT2D eigenvalue weighted by Gasteiger charge is 2.17. The molecule has 0 aliphatic carbocycles. The van der Waals surface area contributed by atoms with Gasteiger partial charge in [0.05, 0.1) is 0 Å². The highest BCUT2D eigenvalue weighted by molar-refractivity contribution is 6.17. The molecule has 0 fully saturated rings. The molecular weight excluding hydrogens is 304 g/mol. The van der Waals surface area contributed by atoms with Gasteiger partial charge in [-0.05, 0) is 23.4 Å². The summed E-state index contributed by atoms with van der Waals surface area (Å²) in [5, 5.41) is 20.5. The molecule has 0 amide bonds. The molecule has 3 rings (SSSR count). The fraction of sp³-hybridized carbons (Fsp3) is 0.100. The SMILES string of the molecule is O=C(O)CCc1cc(C(=O)c2ccccc2)c2ccccc2c1O. The van der Waals surface area contributed by atoms with Crippen LogP contribution in [0.5, 0.6) is 5.75 Å². The van der Waals surface area contributed by atoms with Crippen LogP contribution >= 0.6 is 0 Å². The van der Waals surface area contributed by atoms with Gasteiger partial charge in [-0.3, -0.25) is 9.59 Å². The summed E-state index contributed by atoms with van der Waals surface area (Å²) in [6.07, 6.45) is 0.0614. The number of carbonyl (C=O) groups excluding carboxylic acids is 1. The van der Waals surface area contributed by atoms with Crippen molar-refractivity contribution in [1.82, 2.24) is 0 Å². The van der Waals surface area contributed by atoms with Gasteiger partial charge in [-0.15, -0.1) is 0 Å². The van der Waals surface area contributed by atoms with Crippen LogP contribution in [0.2, 0.25) is 0 Å². The number of hydrogen-bond donors (Lipinski definition) is 2. The van der Waals surface area contributed by atoms with Gasteiger partial charge in [0.2, 0.25) is 0 Å². The van der Waals surface area contributed by atoms with Crippen LogP contribution < -0.4 is 0 Å². The number of phenols is 1. The Hall–Kier alpha value is -3.14. The molecule has 4 nitrogen and oxygen atoms in total. The summed E-state index contributed by atoms with van der Waals surface area (Å²) in [7, 11) is 0. The zero-order valence-electron chi connectivity index (χ0n) is 12.9. The first-order valence-electron chi connectivity index (χ1n) is 7.63. The molecule has 24 heavy (non-hydrogen) atoms. The molecule has 4 heteroatoms. The first kappa shape index (κ1) is 15.7. The van der Waals surface area contributed by atoms with Crippen LogP contribution in [0.4, 0.5) is 0 Å². The van der Waals surface area contributed by atoms with E-state index < -0.39 is 5.97 Å².